The number of rotatable bonds is 4. The Balaban J connectivity index is 2.01. The summed E-state index contributed by atoms with van der Waals surface area (Å²) in [5, 5.41) is 0. The highest BCUT2D eigenvalue weighted by atomic mass is 16.1. The lowest BCUT2D eigenvalue weighted by Crippen LogP contribution is -2.13. The van der Waals surface area contributed by atoms with Crippen molar-refractivity contribution in [1.29, 1.82) is 0 Å². The van der Waals surface area contributed by atoms with Gasteiger partial charge in [-0.1, -0.05) is 50.2 Å². The van der Waals surface area contributed by atoms with Gasteiger partial charge in [-0.25, -0.2) is 0 Å². The Morgan fingerprint density at radius 3 is 2.45 bits per heavy atom. The standard InChI is InChI=1S/C19H20O/c1-3-13(4-2)19(20)16-10-9-15-11-14-7-5-6-8-17(14)18(15)12-16/h5-10,12-13H,3-4,11H2,1-2H3. The third-order valence-electron chi connectivity index (χ3n) is 4.44. The van der Waals surface area contributed by atoms with Crippen LogP contribution in [0.25, 0.3) is 11.1 Å². The first kappa shape index (κ1) is 13.1. The minimum absolute atomic E-state index is 0.157. The maximum absolute atomic E-state index is 12.5. The van der Waals surface area contributed by atoms with Gasteiger partial charge in [-0.05, 0) is 47.6 Å². The van der Waals surface area contributed by atoms with Gasteiger partial charge in [0.1, 0.15) is 0 Å². The molecule has 102 valence electrons. The van der Waals surface area contributed by atoms with E-state index >= 15 is 0 Å². The SMILES string of the molecule is CCC(CC)C(=O)c1ccc2c(c1)-c1ccccc1C2. The summed E-state index contributed by atoms with van der Waals surface area (Å²) >= 11 is 0. The first-order chi connectivity index (χ1) is 9.74. The molecule has 0 aliphatic heterocycles. The van der Waals surface area contributed by atoms with E-state index in [9.17, 15) is 4.79 Å². The van der Waals surface area contributed by atoms with Crippen molar-refractivity contribution in [2.45, 2.75) is 33.1 Å². The number of ketones is 1. The van der Waals surface area contributed by atoms with E-state index in [0.717, 1.165) is 24.8 Å². The molecule has 2 aromatic carbocycles. The highest BCUT2D eigenvalue weighted by Gasteiger charge is 2.21. The van der Waals surface area contributed by atoms with Crippen molar-refractivity contribution < 1.29 is 4.79 Å². The molecule has 0 heterocycles. The lowest BCUT2D eigenvalue weighted by Gasteiger charge is -2.12. The van der Waals surface area contributed by atoms with Crippen molar-refractivity contribution in [3.8, 4) is 11.1 Å². The summed E-state index contributed by atoms with van der Waals surface area (Å²) in [6.07, 6.45) is 2.83. The molecule has 0 saturated heterocycles. The fourth-order valence-electron chi connectivity index (χ4n) is 3.17. The van der Waals surface area contributed by atoms with Gasteiger partial charge < -0.3 is 0 Å². The van der Waals surface area contributed by atoms with Crippen LogP contribution in [0, 0.1) is 5.92 Å². The van der Waals surface area contributed by atoms with Crippen LogP contribution in [0.3, 0.4) is 0 Å². The Hall–Kier alpha value is -1.89. The van der Waals surface area contributed by atoms with E-state index in [1.54, 1.807) is 0 Å². The zero-order chi connectivity index (χ0) is 14.1. The largest absolute Gasteiger partial charge is 0.294 e. The second kappa shape index (κ2) is 5.24. The second-order valence-corrected chi connectivity index (χ2v) is 5.58. The predicted octanol–water partition coefficient (Wildman–Crippen LogP) is 4.88. The monoisotopic (exact) mass is 264 g/mol. The van der Waals surface area contributed by atoms with Crippen LogP contribution in [0.2, 0.25) is 0 Å². The molecular formula is C19H20O. The maximum atomic E-state index is 12.5. The fraction of sp³-hybridized carbons (Fsp3) is 0.316. The second-order valence-electron chi connectivity index (χ2n) is 5.58. The van der Waals surface area contributed by atoms with E-state index in [4.69, 9.17) is 0 Å². The molecule has 0 spiro atoms. The maximum Gasteiger partial charge on any atom is 0.165 e. The van der Waals surface area contributed by atoms with Crippen LogP contribution in [-0.2, 0) is 6.42 Å². The number of carbonyl (C=O) groups is 1. The summed E-state index contributed by atoms with van der Waals surface area (Å²) in [7, 11) is 0. The average molecular weight is 264 g/mol. The van der Waals surface area contributed by atoms with Gasteiger partial charge in [0.2, 0.25) is 0 Å². The summed E-state index contributed by atoms with van der Waals surface area (Å²) in [5.41, 5.74) is 6.12. The molecule has 2 aromatic rings. The highest BCUT2D eigenvalue weighted by Crippen LogP contribution is 2.37. The summed E-state index contributed by atoms with van der Waals surface area (Å²) in [5.74, 6) is 0.451. The third kappa shape index (κ3) is 2.07. The molecule has 0 saturated carbocycles. The van der Waals surface area contributed by atoms with E-state index < -0.39 is 0 Å². The van der Waals surface area contributed by atoms with E-state index in [1.165, 1.54) is 22.3 Å². The Bertz CT molecular complexity index is 651. The molecule has 1 aliphatic carbocycles. The number of Topliss-reactive ketones (excluding diaryl/α,β-unsaturated/α-hetero) is 1. The van der Waals surface area contributed by atoms with Crippen LogP contribution < -0.4 is 0 Å². The fourth-order valence-corrected chi connectivity index (χ4v) is 3.17. The van der Waals surface area contributed by atoms with Crippen LogP contribution in [-0.4, -0.2) is 5.78 Å². The molecule has 0 bridgehead atoms. The average Bonchev–Trinajstić information content (AvgIpc) is 2.86. The van der Waals surface area contributed by atoms with Crippen molar-refractivity contribution in [3.63, 3.8) is 0 Å². The van der Waals surface area contributed by atoms with Crippen LogP contribution in [0.1, 0.15) is 48.2 Å². The normalized spacial score (nSPS) is 12.3. The Labute approximate surface area is 120 Å². The molecule has 20 heavy (non-hydrogen) atoms. The van der Waals surface area contributed by atoms with Gasteiger partial charge in [0, 0.05) is 11.5 Å². The number of hydrogen-bond acceptors (Lipinski definition) is 1. The van der Waals surface area contributed by atoms with Gasteiger partial charge in [-0.2, -0.15) is 0 Å². The number of fused-ring (bicyclic) bond motifs is 3. The number of benzene rings is 2. The van der Waals surface area contributed by atoms with E-state index in [2.05, 4.69) is 50.2 Å². The van der Waals surface area contributed by atoms with Crippen molar-refractivity contribution in [2.24, 2.45) is 5.92 Å². The van der Waals surface area contributed by atoms with Crippen molar-refractivity contribution in [1.82, 2.24) is 0 Å². The van der Waals surface area contributed by atoms with Crippen LogP contribution in [0.5, 0.6) is 0 Å². The zero-order valence-corrected chi connectivity index (χ0v) is 12.1. The third-order valence-corrected chi connectivity index (χ3v) is 4.44. The van der Waals surface area contributed by atoms with Crippen molar-refractivity contribution >= 4 is 5.78 Å². The Kier molecular flexibility index (Phi) is 3.43. The topological polar surface area (TPSA) is 17.1 Å². The molecule has 3 rings (SSSR count). The molecule has 0 N–H and O–H groups in total. The van der Waals surface area contributed by atoms with Gasteiger partial charge in [0.15, 0.2) is 5.78 Å². The molecular weight excluding hydrogens is 244 g/mol. The van der Waals surface area contributed by atoms with E-state index in [-0.39, 0.29) is 5.92 Å². The number of carbonyl (C=O) groups excluding carboxylic acids is 1. The molecule has 0 atom stereocenters. The molecule has 0 fully saturated rings. The number of hydrogen-bond donors (Lipinski definition) is 0. The Morgan fingerprint density at radius 1 is 1.00 bits per heavy atom. The summed E-state index contributed by atoms with van der Waals surface area (Å²) in [4.78, 5) is 12.5. The summed E-state index contributed by atoms with van der Waals surface area (Å²) in [6, 6.07) is 14.7. The van der Waals surface area contributed by atoms with Crippen molar-refractivity contribution in [2.75, 3.05) is 0 Å². The molecule has 0 aromatic heterocycles. The molecule has 1 nitrogen and oxygen atoms in total. The minimum Gasteiger partial charge on any atom is -0.294 e. The molecule has 0 amide bonds. The van der Waals surface area contributed by atoms with Gasteiger partial charge in [-0.3, -0.25) is 4.79 Å². The Morgan fingerprint density at radius 2 is 1.70 bits per heavy atom. The van der Waals surface area contributed by atoms with E-state index in [0.29, 0.717) is 5.78 Å². The first-order valence-electron chi connectivity index (χ1n) is 7.50. The summed E-state index contributed by atoms with van der Waals surface area (Å²) < 4.78 is 0. The predicted molar refractivity (Wildman–Crippen MR) is 83.1 cm³/mol. The smallest absolute Gasteiger partial charge is 0.165 e. The van der Waals surface area contributed by atoms with Crippen LogP contribution in [0.15, 0.2) is 42.5 Å². The highest BCUT2D eigenvalue weighted by molar-refractivity contribution is 5.99. The zero-order valence-electron chi connectivity index (χ0n) is 12.1. The lowest BCUT2D eigenvalue weighted by atomic mass is 9.91. The first-order valence-corrected chi connectivity index (χ1v) is 7.50. The van der Waals surface area contributed by atoms with Gasteiger partial charge in [0.05, 0.1) is 0 Å². The molecule has 0 radical (unpaired) electrons. The molecule has 1 heteroatoms. The van der Waals surface area contributed by atoms with Crippen LogP contribution in [0.4, 0.5) is 0 Å². The summed E-state index contributed by atoms with van der Waals surface area (Å²) in [6.45, 7) is 4.18. The quantitative estimate of drug-likeness (QED) is 0.614. The van der Waals surface area contributed by atoms with Gasteiger partial charge in [-0.15, -0.1) is 0 Å². The van der Waals surface area contributed by atoms with Gasteiger partial charge in [0.25, 0.3) is 0 Å². The lowest BCUT2D eigenvalue weighted by molar-refractivity contribution is 0.0913. The van der Waals surface area contributed by atoms with Crippen LogP contribution >= 0.6 is 0 Å². The molecule has 0 unspecified atom stereocenters. The van der Waals surface area contributed by atoms with Crippen molar-refractivity contribution in [3.05, 3.63) is 59.2 Å². The van der Waals surface area contributed by atoms with Gasteiger partial charge >= 0.3 is 0 Å². The molecule has 1 aliphatic rings. The van der Waals surface area contributed by atoms with E-state index in [1.807, 2.05) is 6.07 Å². The minimum atomic E-state index is 0.157.